The number of aromatic amines is 1. The molecule has 0 saturated heterocycles. The smallest absolute Gasteiger partial charge is 0.331 e. The van der Waals surface area contributed by atoms with Crippen LogP contribution in [-0.4, -0.2) is 30.0 Å². The van der Waals surface area contributed by atoms with Gasteiger partial charge in [0.05, 0.1) is 16.7 Å². The molecule has 4 aromatic rings. The molecule has 0 aliphatic rings. The molecular formula is C24H24BrN5O4. The van der Waals surface area contributed by atoms with Crippen molar-refractivity contribution in [2.45, 2.75) is 39.9 Å². The number of fused-ring (bicyclic) bond motifs is 1. The van der Waals surface area contributed by atoms with Crippen LogP contribution in [0.4, 0.5) is 5.69 Å². The lowest BCUT2D eigenvalue weighted by Gasteiger charge is -2.09. The molecule has 2 aromatic heterocycles. The number of hydrogen-bond donors (Lipinski definition) is 2. The number of aromatic nitrogens is 4. The van der Waals surface area contributed by atoms with Crippen molar-refractivity contribution in [1.82, 2.24) is 18.7 Å². The third kappa shape index (κ3) is 4.28. The molecule has 0 spiro atoms. The predicted octanol–water partition coefficient (Wildman–Crippen LogP) is 3.15. The second-order valence-electron chi connectivity index (χ2n) is 7.71. The van der Waals surface area contributed by atoms with Crippen LogP contribution in [0.1, 0.15) is 25.0 Å². The first-order chi connectivity index (χ1) is 16.3. The number of nitrogens with zero attached hydrogens (tertiary/aromatic N) is 4. The highest BCUT2D eigenvalue weighted by molar-refractivity contribution is 9.10. The fourth-order valence-electron chi connectivity index (χ4n) is 3.95. The fraction of sp³-hybridized carbons (Fsp3) is 0.250. The van der Waals surface area contributed by atoms with E-state index < -0.39 is 17.1 Å². The molecule has 0 radical (unpaired) electrons. The van der Waals surface area contributed by atoms with Crippen LogP contribution in [0.5, 0.6) is 5.88 Å². The quantitative estimate of drug-likeness (QED) is 0.360. The molecule has 0 aliphatic heterocycles. The molecule has 2 heterocycles. The van der Waals surface area contributed by atoms with E-state index in [4.69, 9.17) is 0 Å². The summed E-state index contributed by atoms with van der Waals surface area (Å²) >= 11 is 3.48. The van der Waals surface area contributed by atoms with Gasteiger partial charge in [0.15, 0.2) is 0 Å². The number of benzene rings is 2. The number of aromatic hydroxyl groups is 1. The summed E-state index contributed by atoms with van der Waals surface area (Å²) in [4.78, 5) is 44.0. The van der Waals surface area contributed by atoms with Gasteiger partial charge in [-0.25, -0.2) is 9.59 Å². The van der Waals surface area contributed by atoms with Crippen LogP contribution in [0.15, 0.2) is 66.3 Å². The predicted molar refractivity (Wildman–Crippen MR) is 136 cm³/mol. The van der Waals surface area contributed by atoms with Gasteiger partial charge in [-0.2, -0.15) is 0 Å². The molecule has 2 N–H and O–H groups in total. The molecule has 0 saturated carbocycles. The van der Waals surface area contributed by atoms with E-state index in [2.05, 4.69) is 25.9 Å². The largest absolute Gasteiger partial charge is 0.494 e. The van der Waals surface area contributed by atoms with Crippen molar-refractivity contribution >= 4 is 38.9 Å². The monoisotopic (exact) mass is 525 g/mol. The van der Waals surface area contributed by atoms with Crippen molar-refractivity contribution < 1.29 is 5.11 Å². The van der Waals surface area contributed by atoms with Gasteiger partial charge in [0.1, 0.15) is 5.56 Å². The Morgan fingerprint density at radius 1 is 1.00 bits per heavy atom. The lowest BCUT2D eigenvalue weighted by Crippen LogP contribution is -2.32. The summed E-state index contributed by atoms with van der Waals surface area (Å²) < 4.78 is 5.07. The maximum Gasteiger partial charge on any atom is 0.331 e. The van der Waals surface area contributed by atoms with E-state index in [-0.39, 0.29) is 17.8 Å². The molecule has 34 heavy (non-hydrogen) atoms. The van der Waals surface area contributed by atoms with Crippen LogP contribution < -0.4 is 16.9 Å². The van der Waals surface area contributed by atoms with Gasteiger partial charge < -0.3 is 5.11 Å². The lowest BCUT2D eigenvalue weighted by atomic mass is 10.1. The Bertz CT molecular complexity index is 1560. The number of nitrogens with one attached hydrogen (secondary N) is 1. The van der Waals surface area contributed by atoms with Gasteiger partial charge in [-0.3, -0.25) is 28.5 Å². The standard InChI is InChI=1S/C24H24BrN5O4/c1-3-28-19-12-17(25)18(13-20(19)29(4-2)24(28)34)26-14-16-21(31)27-23(33)30(22(16)32)11-10-15-8-6-5-7-9-15/h5-9,12-14,32H,3-4,10-11H2,1-2H3,(H,27,31,33). The van der Waals surface area contributed by atoms with E-state index >= 15 is 0 Å². The molecule has 0 aliphatic carbocycles. The number of aliphatic imine (C=N–C) groups is 1. The van der Waals surface area contributed by atoms with Crippen LogP contribution >= 0.6 is 15.9 Å². The summed E-state index contributed by atoms with van der Waals surface area (Å²) in [5, 5.41) is 10.7. The van der Waals surface area contributed by atoms with Crippen molar-refractivity contribution in [3.8, 4) is 5.88 Å². The molecule has 0 bridgehead atoms. The number of halogens is 1. The minimum absolute atomic E-state index is 0.104. The zero-order chi connectivity index (χ0) is 24.4. The third-order valence-electron chi connectivity index (χ3n) is 5.73. The highest BCUT2D eigenvalue weighted by Crippen LogP contribution is 2.30. The topological polar surface area (TPSA) is 114 Å². The zero-order valence-electron chi connectivity index (χ0n) is 18.8. The number of H-pyrrole nitrogens is 1. The molecular weight excluding hydrogens is 502 g/mol. The summed E-state index contributed by atoms with van der Waals surface area (Å²) in [6.07, 6.45) is 1.73. The van der Waals surface area contributed by atoms with E-state index in [1.54, 1.807) is 15.2 Å². The molecule has 0 amide bonds. The highest BCUT2D eigenvalue weighted by Gasteiger charge is 2.15. The number of imidazole rings is 1. The van der Waals surface area contributed by atoms with Gasteiger partial charge >= 0.3 is 11.4 Å². The molecule has 2 aromatic carbocycles. The summed E-state index contributed by atoms with van der Waals surface area (Å²) in [6.45, 7) is 5.02. The van der Waals surface area contributed by atoms with Crippen molar-refractivity contribution in [3.05, 3.63) is 89.4 Å². The van der Waals surface area contributed by atoms with Crippen molar-refractivity contribution in [1.29, 1.82) is 0 Å². The molecule has 10 heteroatoms. The van der Waals surface area contributed by atoms with E-state index in [9.17, 15) is 19.5 Å². The van der Waals surface area contributed by atoms with E-state index in [0.29, 0.717) is 29.7 Å². The average molecular weight is 526 g/mol. The normalized spacial score (nSPS) is 11.6. The molecule has 9 nitrogen and oxygen atoms in total. The first-order valence-electron chi connectivity index (χ1n) is 10.9. The summed E-state index contributed by atoms with van der Waals surface area (Å²) in [6, 6.07) is 13.1. The average Bonchev–Trinajstić information content (AvgIpc) is 3.08. The van der Waals surface area contributed by atoms with Gasteiger partial charge in [-0.15, -0.1) is 0 Å². The molecule has 0 atom stereocenters. The molecule has 0 fully saturated rings. The first-order valence-corrected chi connectivity index (χ1v) is 11.7. The van der Waals surface area contributed by atoms with E-state index in [1.807, 2.05) is 50.2 Å². The Morgan fingerprint density at radius 3 is 2.29 bits per heavy atom. The Kier molecular flexibility index (Phi) is 6.69. The number of aryl methyl sites for hydroxylation is 3. The highest BCUT2D eigenvalue weighted by atomic mass is 79.9. The molecule has 4 rings (SSSR count). The van der Waals surface area contributed by atoms with E-state index in [1.165, 1.54) is 6.21 Å². The SMILES string of the molecule is CCn1c(=O)n(CC)c2cc(N=Cc3c(O)n(CCc4ccccc4)c(=O)[nH]c3=O)c(Br)cc21. The summed E-state index contributed by atoms with van der Waals surface area (Å²) in [5.74, 6) is -0.451. The summed E-state index contributed by atoms with van der Waals surface area (Å²) in [7, 11) is 0. The minimum atomic E-state index is -0.734. The molecule has 0 unspecified atom stereocenters. The van der Waals surface area contributed by atoms with Crippen molar-refractivity contribution in [2.24, 2.45) is 4.99 Å². The minimum Gasteiger partial charge on any atom is -0.494 e. The molecule has 176 valence electrons. The Hall–Kier alpha value is -3.66. The van der Waals surface area contributed by atoms with E-state index in [0.717, 1.165) is 21.2 Å². The zero-order valence-corrected chi connectivity index (χ0v) is 20.4. The second kappa shape index (κ2) is 9.68. The van der Waals surface area contributed by atoms with Crippen LogP contribution in [0, 0.1) is 0 Å². The maximum atomic E-state index is 12.6. The van der Waals surface area contributed by atoms with Crippen LogP contribution in [0.2, 0.25) is 0 Å². The Morgan fingerprint density at radius 2 is 1.65 bits per heavy atom. The number of rotatable bonds is 7. The van der Waals surface area contributed by atoms with Crippen molar-refractivity contribution in [2.75, 3.05) is 0 Å². The second-order valence-corrected chi connectivity index (χ2v) is 8.56. The summed E-state index contributed by atoms with van der Waals surface area (Å²) in [5.41, 5.74) is 1.31. The maximum absolute atomic E-state index is 12.6. The first kappa shape index (κ1) is 23.5. The van der Waals surface area contributed by atoms with Gasteiger partial charge in [0.25, 0.3) is 5.56 Å². The Balaban J connectivity index is 1.74. The van der Waals surface area contributed by atoms with Gasteiger partial charge in [0.2, 0.25) is 5.88 Å². The third-order valence-corrected chi connectivity index (χ3v) is 6.36. The van der Waals surface area contributed by atoms with Crippen LogP contribution in [0.25, 0.3) is 11.0 Å². The van der Waals surface area contributed by atoms with Gasteiger partial charge in [0, 0.05) is 30.3 Å². The Labute approximate surface area is 202 Å². The fourth-order valence-corrected chi connectivity index (χ4v) is 4.39. The van der Waals surface area contributed by atoms with Gasteiger partial charge in [-0.1, -0.05) is 30.3 Å². The lowest BCUT2D eigenvalue weighted by molar-refractivity contribution is 0.399. The number of hydrogen-bond acceptors (Lipinski definition) is 5. The van der Waals surface area contributed by atoms with Crippen LogP contribution in [0.3, 0.4) is 0 Å². The van der Waals surface area contributed by atoms with Crippen molar-refractivity contribution in [3.63, 3.8) is 0 Å². The van der Waals surface area contributed by atoms with Crippen LogP contribution in [-0.2, 0) is 26.1 Å². The van der Waals surface area contributed by atoms with Gasteiger partial charge in [-0.05, 0) is 53.9 Å².